The first-order chi connectivity index (χ1) is 6.68. The lowest BCUT2D eigenvalue weighted by Gasteiger charge is -2.16. The van der Waals surface area contributed by atoms with E-state index in [-0.39, 0.29) is 17.0 Å². The van der Waals surface area contributed by atoms with E-state index in [9.17, 15) is 4.20 Å². The Labute approximate surface area is 107 Å². The first-order valence-corrected chi connectivity index (χ1v) is 8.47. The molecule has 0 aliphatic heterocycles. The highest BCUT2D eigenvalue weighted by atomic mass is 79.9. The van der Waals surface area contributed by atoms with E-state index in [2.05, 4.69) is 20.8 Å². The second-order valence-electron chi connectivity index (χ2n) is 4.26. The summed E-state index contributed by atoms with van der Waals surface area (Å²) in [6.45, 7) is 6.47. The largest absolute Gasteiger partial charge is 1.00 e. The second kappa shape index (κ2) is 11.3. The third-order valence-electron chi connectivity index (χ3n) is 2.74. The van der Waals surface area contributed by atoms with Crippen LogP contribution < -0.4 is 17.0 Å². The van der Waals surface area contributed by atoms with Crippen molar-refractivity contribution < 1.29 is 21.2 Å². The highest BCUT2D eigenvalue weighted by Crippen LogP contribution is 2.62. The van der Waals surface area contributed by atoms with Crippen molar-refractivity contribution in [2.45, 2.75) is 59.3 Å². The first-order valence-electron chi connectivity index (χ1n) is 6.24. The zero-order valence-corrected chi connectivity index (χ0v) is 13.0. The van der Waals surface area contributed by atoms with E-state index in [0.717, 1.165) is 57.0 Å². The van der Waals surface area contributed by atoms with E-state index < -0.39 is 7.57 Å². The molecule has 0 amide bonds. The lowest BCUT2D eigenvalue weighted by atomic mass is 10.4. The van der Waals surface area contributed by atoms with Gasteiger partial charge < -0.3 is 17.0 Å². The van der Waals surface area contributed by atoms with Gasteiger partial charge in [-0.15, -0.1) is 0 Å². The Morgan fingerprint density at radius 1 is 0.733 bits per heavy atom. The van der Waals surface area contributed by atoms with Crippen LogP contribution in [0.5, 0.6) is 0 Å². The van der Waals surface area contributed by atoms with E-state index in [0.29, 0.717) is 0 Å². The smallest absolute Gasteiger partial charge is 0.202 e. The summed E-state index contributed by atoms with van der Waals surface area (Å²) in [4.78, 5) is 0. The van der Waals surface area contributed by atoms with E-state index in [4.69, 9.17) is 0 Å². The van der Waals surface area contributed by atoms with Crippen molar-refractivity contribution in [3.63, 3.8) is 0 Å². The van der Waals surface area contributed by atoms with Gasteiger partial charge in [0.2, 0.25) is 7.57 Å². The van der Waals surface area contributed by atoms with Crippen molar-refractivity contribution in [1.82, 2.24) is 0 Å². The molecule has 0 saturated heterocycles. The van der Waals surface area contributed by atoms with Crippen LogP contribution in [0.4, 0.5) is 4.20 Å². The van der Waals surface area contributed by atoms with Crippen LogP contribution in [-0.4, -0.2) is 18.5 Å². The molecule has 0 aliphatic carbocycles. The summed E-state index contributed by atoms with van der Waals surface area (Å²) in [6.07, 6.45) is 9.39. The summed E-state index contributed by atoms with van der Waals surface area (Å²) in [5.41, 5.74) is 0. The Morgan fingerprint density at radius 3 is 1.20 bits per heavy atom. The van der Waals surface area contributed by atoms with Crippen molar-refractivity contribution in [1.29, 1.82) is 0 Å². The minimum absolute atomic E-state index is 0. The van der Waals surface area contributed by atoms with Gasteiger partial charge in [-0.05, 0) is 19.3 Å². The van der Waals surface area contributed by atoms with Crippen molar-refractivity contribution in [2.75, 3.05) is 18.5 Å². The summed E-state index contributed by atoms with van der Waals surface area (Å²) < 4.78 is 14.5. The van der Waals surface area contributed by atoms with Gasteiger partial charge in [-0.25, -0.2) is 0 Å². The maximum Gasteiger partial charge on any atom is 0.202 e. The third kappa shape index (κ3) is 9.75. The number of halogens is 2. The van der Waals surface area contributed by atoms with Crippen LogP contribution in [0.3, 0.4) is 0 Å². The van der Waals surface area contributed by atoms with Crippen LogP contribution in [0.25, 0.3) is 0 Å². The summed E-state index contributed by atoms with van der Waals surface area (Å²) in [5.74, 6) is 0. The number of hydrogen-bond acceptors (Lipinski definition) is 0. The van der Waals surface area contributed by atoms with Gasteiger partial charge in [-0.1, -0.05) is 44.2 Å². The van der Waals surface area contributed by atoms with E-state index in [1.807, 2.05) is 0 Å². The highest BCUT2D eigenvalue weighted by Gasteiger charge is 2.36. The maximum absolute atomic E-state index is 14.5. The van der Waals surface area contributed by atoms with Crippen LogP contribution in [0.15, 0.2) is 0 Å². The molecule has 0 N–H and O–H groups in total. The lowest BCUT2D eigenvalue weighted by molar-refractivity contribution is -0.00000404. The molecule has 0 bridgehead atoms. The van der Waals surface area contributed by atoms with Crippen molar-refractivity contribution in [3.05, 3.63) is 0 Å². The number of unbranched alkanes of at least 4 members (excludes halogenated alkanes) is 3. The van der Waals surface area contributed by atoms with Crippen LogP contribution in [-0.2, 0) is 0 Å². The van der Waals surface area contributed by atoms with Crippen molar-refractivity contribution >= 4 is 7.57 Å². The summed E-state index contributed by atoms with van der Waals surface area (Å²) in [5, 5.41) is 0. The molecule has 94 valence electrons. The Kier molecular flexibility index (Phi) is 13.8. The van der Waals surface area contributed by atoms with Gasteiger partial charge in [0.25, 0.3) is 0 Å². The van der Waals surface area contributed by atoms with Crippen molar-refractivity contribution in [2.24, 2.45) is 0 Å². The summed E-state index contributed by atoms with van der Waals surface area (Å²) >= 11 is 0. The quantitative estimate of drug-likeness (QED) is 0.573. The van der Waals surface area contributed by atoms with Gasteiger partial charge in [0.05, 0.1) is 18.5 Å². The second-order valence-corrected chi connectivity index (χ2v) is 7.66. The van der Waals surface area contributed by atoms with Crippen molar-refractivity contribution in [3.8, 4) is 0 Å². The molecule has 0 aromatic rings. The molecule has 0 spiro atoms. The molecule has 0 atom stereocenters. The predicted molar refractivity (Wildman–Crippen MR) is 67.4 cm³/mol. The SMILES string of the molecule is CCCC[P+](F)(CCCC)CCCC.[Br-]. The fourth-order valence-corrected chi connectivity index (χ4v) is 4.98. The molecule has 0 aliphatic rings. The van der Waals surface area contributed by atoms with E-state index >= 15 is 0 Å². The molecule has 0 rings (SSSR count). The molecule has 0 fully saturated rings. The topological polar surface area (TPSA) is 0 Å². The number of rotatable bonds is 9. The first kappa shape index (κ1) is 18.2. The summed E-state index contributed by atoms with van der Waals surface area (Å²) in [6, 6.07) is 0. The minimum atomic E-state index is -2.02. The molecule has 0 unspecified atom stereocenters. The molecule has 0 aromatic heterocycles. The summed E-state index contributed by atoms with van der Waals surface area (Å²) in [7, 11) is -2.02. The molecule has 0 heterocycles. The predicted octanol–water partition coefficient (Wildman–Crippen LogP) is 2.29. The zero-order chi connectivity index (χ0) is 10.9. The number of hydrogen-bond donors (Lipinski definition) is 0. The molecule has 15 heavy (non-hydrogen) atoms. The van der Waals surface area contributed by atoms with Gasteiger partial charge in [0.15, 0.2) is 0 Å². The standard InChI is InChI=1S/C12H27FP.BrH/c1-4-7-10-14(13,11-8-5-2)12-9-6-3;/h4-12H2,1-3H3;1H/q+1;/p-1. The highest BCUT2D eigenvalue weighted by molar-refractivity contribution is 7.70. The van der Waals surface area contributed by atoms with Crippen LogP contribution in [0, 0.1) is 0 Å². The third-order valence-corrected chi connectivity index (χ3v) is 6.09. The Morgan fingerprint density at radius 2 is 1.00 bits per heavy atom. The fraction of sp³-hybridized carbons (Fsp3) is 1.00. The monoisotopic (exact) mass is 300 g/mol. The van der Waals surface area contributed by atoms with Gasteiger partial charge in [0.1, 0.15) is 0 Å². The maximum atomic E-state index is 14.5. The van der Waals surface area contributed by atoms with Crippen LogP contribution in [0.1, 0.15) is 59.3 Å². The molecule has 0 radical (unpaired) electrons. The van der Waals surface area contributed by atoms with Gasteiger partial charge in [-0.3, -0.25) is 0 Å². The molecule has 0 aromatic carbocycles. The van der Waals surface area contributed by atoms with Crippen LogP contribution in [0.2, 0.25) is 0 Å². The minimum Gasteiger partial charge on any atom is -1.00 e. The normalized spacial score (nSPS) is 11.2. The molecular weight excluding hydrogens is 274 g/mol. The zero-order valence-electron chi connectivity index (χ0n) is 10.6. The van der Waals surface area contributed by atoms with E-state index in [1.165, 1.54) is 0 Å². The molecular formula is C12H27BrFP. The average molecular weight is 301 g/mol. The molecule has 0 nitrogen and oxygen atoms in total. The molecule has 0 saturated carbocycles. The van der Waals surface area contributed by atoms with Gasteiger partial charge in [0, 0.05) is 0 Å². The Bertz CT molecular complexity index is 109. The lowest BCUT2D eigenvalue weighted by Crippen LogP contribution is -3.00. The molecule has 3 heteroatoms. The van der Waals surface area contributed by atoms with Crippen LogP contribution >= 0.6 is 7.57 Å². The Hall–Kier alpha value is 0.840. The van der Waals surface area contributed by atoms with Gasteiger partial charge >= 0.3 is 0 Å². The van der Waals surface area contributed by atoms with E-state index in [1.54, 1.807) is 0 Å². The fourth-order valence-electron chi connectivity index (χ4n) is 1.66. The average Bonchev–Trinajstić information content (AvgIpc) is 2.21. The Balaban J connectivity index is 0. The van der Waals surface area contributed by atoms with Gasteiger partial charge in [-0.2, -0.15) is 0 Å².